The maximum Gasteiger partial charge on any atom is 0.260 e. The van der Waals surface area contributed by atoms with Crippen molar-refractivity contribution in [3.63, 3.8) is 0 Å². The minimum Gasteiger partial charge on any atom is -0.493 e. The molecule has 0 atom stereocenters. The fourth-order valence-electron chi connectivity index (χ4n) is 2.05. The van der Waals surface area contributed by atoms with E-state index in [2.05, 4.69) is 12.1 Å². The zero-order valence-corrected chi connectivity index (χ0v) is 13.0. The van der Waals surface area contributed by atoms with E-state index >= 15 is 0 Å². The van der Waals surface area contributed by atoms with Gasteiger partial charge in [-0.25, -0.2) is 0 Å². The minimum absolute atomic E-state index is 0.00562. The van der Waals surface area contributed by atoms with Crippen molar-refractivity contribution in [2.24, 2.45) is 0 Å². The molecule has 0 saturated heterocycles. The van der Waals surface area contributed by atoms with Crippen LogP contribution in [-0.2, 0) is 11.2 Å². The van der Waals surface area contributed by atoms with E-state index in [0.29, 0.717) is 18.0 Å². The van der Waals surface area contributed by atoms with Crippen LogP contribution in [-0.4, -0.2) is 38.1 Å². The predicted molar refractivity (Wildman–Crippen MR) is 86.3 cm³/mol. The summed E-state index contributed by atoms with van der Waals surface area (Å²) in [5.74, 6) is 1.15. The molecule has 2 aromatic carbocycles. The van der Waals surface area contributed by atoms with Gasteiger partial charge in [-0.1, -0.05) is 42.5 Å². The first kappa shape index (κ1) is 15.9. The van der Waals surface area contributed by atoms with Crippen molar-refractivity contribution in [1.29, 1.82) is 0 Å². The number of amides is 1. The normalized spacial score (nSPS) is 10.1. The van der Waals surface area contributed by atoms with Gasteiger partial charge in [0.15, 0.2) is 18.1 Å². The van der Waals surface area contributed by atoms with Crippen molar-refractivity contribution in [3.05, 3.63) is 60.2 Å². The molecule has 0 fully saturated rings. The molecule has 2 aromatic rings. The van der Waals surface area contributed by atoms with Crippen LogP contribution in [0.3, 0.4) is 0 Å². The van der Waals surface area contributed by atoms with Gasteiger partial charge in [-0.15, -0.1) is 0 Å². The van der Waals surface area contributed by atoms with Crippen molar-refractivity contribution < 1.29 is 14.3 Å². The molecule has 0 aliphatic heterocycles. The summed E-state index contributed by atoms with van der Waals surface area (Å²) in [7, 11) is 3.37. The number of benzene rings is 2. The molecule has 0 aliphatic carbocycles. The Balaban J connectivity index is 1.81. The molecule has 22 heavy (non-hydrogen) atoms. The van der Waals surface area contributed by atoms with Crippen molar-refractivity contribution in [3.8, 4) is 11.5 Å². The number of ether oxygens (including phenoxy) is 2. The summed E-state index contributed by atoms with van der Waals surface area (Å²) in [6.07, 6.45) is 0.831. The van der Waals surface area contributed by atoms with Crippen LogP contribution in [0.1, 0.15) is 5.56 Å². The lowest BCUT2D eigenvalue weighted by Crippen LogP contribution is -2.33. The summed E-state index contributed by atoms with van der Waals surface area (Å²) in [4.78, 5) is 13.8. The highest BCUT2D eigenvalue weighted by atomic mass is 16.5. The number of rotatable bonds is 7. The molecule has 4 heteroatoms. The van der Waals surface area contributed by atoms with Crippen LogP contribution < -0.4 is 9.47 Å². The number of nitrogens with zero attached hydrogens (tertiary/aromatic N) is 1. The highest BCUT2D eigenvalue weighted by Crippen LogP contribution is 2.25. The monoisotopic (exact) mass is 299 g/mol. The Labute approximate surface area is 131 Å². The number of carbonyl (C=O) groups is 1. The zero-order chi connectivity index (χ0) is 15.8. The maximum atomic E-state index is 12.1. The minimum atomic E-state index is -0.0539. The molecule has 0 N–H and O–H groups in total. The molecule has 0 unspecified atom stereocenters. The number of methoxy groups -OCH3 is 1. The van der Waals surface area contributed by atoms with Crippen LogP contribution in [0, 0.1) is 0 Å². The zero-order valence-electron chi connectivity index (χ0n) is 13.0. The van der Waals surface area contributed by atoms with E-state index in [-0.39, 0.29) is 12.5 Å². The van der Waals surface area contributed by atoms with Gasteiger partial charge in [-0.2, -0.15) is 0 Å². The summed E-state index contributed by atoms with van der Waals surface area (Å²) in [6, 6.07) is 17.4. The van der Waals surface area contributed by atoms with Gasteiger partial charge in [-0.3, -0.25) is 4.79 Å². The molecule has 0 heterocycles. The molecule has 0 spiro atoms. The molecule has 0 saturated carbocycles. The summed E-state index contributed by atoms with van der Waals surface area (Å²) in [6.45, 7) is 0.670. The molecule has 1 amide bonds. The van der Waals surface area contributed by atoms with Crippen LogP contribution in [0.25, 0.3) is 0 Å². The summed E-state index contributed by atoms with van der Waals surface area (Å²) >= 11 is 0. The fraction of sp³-hybridized carbons (Fsp3) is 0.278. The predicted octanol–water partition coefficient (Wildman–Crippen LogP) is 2.78. The Kier molecular flexibility index (Phi) is 5.83. The van der Waals surface area contributed by atoms with Crippen LogP contribution >= 0.6 is 0 Å². The SMILES string of the molecule is COc1ccccc1OCC(=O)N(C)CCc1ccccc1. The molecular formula is C18H21NO3. The molecular weight excluding hydrogens is 278 g/mol. The first-order chi connectivity index (χ1) is 10.7. The van der Waals surface area contributed by atoms with Crippen molar-refractivity contribution in [2.45, 2.75) is 6.42 Å². The maximum absolute atomic E-state index is 12.1. The first-order valence-corrected chi connectivity index (χ1v) is 7.24. The number of para-hydroxylation sites is 2. The molecule has 4 nitrogen and oxygen atoms in total. The third kappa shape index (κ3) is 4.52. The Morgan fingerprint density at radius 3 is 2.32 bits per heavy atom. The molecule has 0 aliphatic rings. The van der Waals surface area contributed by atoms with Gasteiger partial charge >= 0.3 is 0 Å². The number of likely N-dealkylation sites (N-methyl/N-ethyl adjacent to an activating group) is 1. The van der Waals surface area contributed by atoms with E-state index in [0.717, 1.165) is 6.42 Å². The van der Waals surface area contributed by atoms with Crippen molar-refractivity contribution in [2.75, 3.05) is 27.3 Å². The second-order valence-corrected chi connectivity index (χ2v) is 4.99. The average Bonchev–Trinajstić information content (AvgIpc) is 2.58. The second kappa shape index (κ2) is 8.08. The molecule has 0 aromatic heterocycles. The summed E-state index contributed by atoms with van der Waals surface area (Å²) < 4.78 is 10.7. The van der Waals surface area contributed by atoms with Gasteiger partial charge in [0, 0.05) is 13.6 Å². The van der Waals surface area contributed by atoms with Crippen molar-refractivity contribution >= 4 is 5.91 Å². The van der Waals surface area contributed by atoms with Crippen molar-refractivity contribution in [1.82, 2.24) is 4.90 Å². The third-order valence-electron chi connectivity index (χ3n) is 3.42. The van der Waals surface area contributed by atoms with Gasteiger partial charge in [-0.05, 0) is 24.1 Å². The molecule has 116 valence electrons. The smallest absolute Gasteiger partial charge is 0.260 e. The lowest BCUT2D eigenvalue weighted by atomic mass is 10.1. The molecule has 2 rings (SSSR count). The molecule has 0 radical (unpaired) electrons. The lowest BCUT2D eigenvalue weighted by Gasteiger charge is -2.18. The topological polar surface area (TPSA) is 38.8 Å². The van der Waals surface area contributed by atoms with Gasteiger partial charge in [0.2, 0.25) is 0 Å². The summed E-state index contributed by atoms with van der Waals surface area (Å²) in [5, 5.41) is 0. The average molecular weight is 299 g/mol. The van der Waals surface area contributed by atoms with E-state index in [9.17, 15) is 4.79 Å². The van der Waals surface area contributed by atoms with Gasteiger partial charge < -0.3 is 14.4 Å². The quantitative estimate of drug-likeness (QED) is 0.789. The number of hydrogen-bond donors (Lipinski definition) is 0. The van der Waals surface area contributed by atoms with Crippen LogP contribution in [0.4, 0.5) is 0 Å². The highest BCUT2D eigenvalue weighted by molar-refractivity contribution is 5.77. The fourth-order valence-corrected chi connectivity index (χ4v) is 2.05. The number of carbonyl (C=O) groups excluding carboxylic acids is 1. The van der Waals surface area contributed by atoms with Crippen LogP contribution in [0.2, 0.25) is 0 Å². The van der Waals surface area contributed by atoms with E-state index in [1.165, 1.54) is 5.56 Å². The Hall–Kier alpha value is -2.49. The number of hydrogen-bond acceptors (Lipinski definition) is 3. The summed E-state index contributed by atoms with van der Waals surface area (Å²) in [5.41, 5.74) is 1.22. The Morgan fingerprint density at radius 2 is 1.64 bits per heavy atom. The van der Waals surface area contributed by atoms with Crippen LogP contribution in [0.5, 0.6) is 11.5 Å². The highest BCUT2D eigenvalue weighted by Gasteiger charge is 2.11. The van der Waals surface area contributed by atoms with Gasteiger partial charge in [0.1, 0.15) is 0 Å². The van der Waals surface area contributed by atoms with Gasteiger partial charge in [0.05, 0.1) is 7.11 Å². The largest absolute Gasteiger partial charge is 0.493 e. The third-order valence-corrected chi connectivity index (χ3v) is 3.42. The van der Waals surface area contributed by atoms with E-state index in [1.807, 2.05) is 30.3 Å². The Morgan fingerprint density at radius 1 is 1.00 bits per heavy atom. The van der Waals surface area contributed by atoms with E-state index in [4.69, 9.17) is 9.47 Å². The first-order valence-electron chi connectivity index (χ1n) is 7.24. The van der Waals surface area contributed by atoms with E-state index < -0.39 is 0 Å². The second-order valence-electron chi connectivity index (χ2n) is 4.99. The van der Waals surface area contributed by atoms with E-state index in [1.54, 1.807) is 31.2 Å². The standard InChI is InChI=1S/C18H21NO3/c1-19(13-12-15-8-4-3-5-9-15)18(20)14-22-17-11-7-6-10-16(17)21-2/h3-11H,12-14H2,1-2H3. The molecule has 0 bridgehead atoms. The lowest BCUT2D eigenvalue weighted by molar-refractivity contribution is -0.132. The Bertz CT molecular complexity index is 598. The van der Waals surface area contributed by atoms with Crippen LogP contribution in [0.15, 0.2) is 54.6 Å². The van der Waals surface area contributed by atoms with Gasteiger partial charge in [0.25, 0.3) is 5.91 Å².